The number of aliphatic carboxylic acids is 2. The molecule has 0 saturated carbocycles. The van der Waals surface area contributed by atoms with Crippen LogP contribution in [0.1, 0.15) is 33.1 Å². The zero-order valence-electron chi connectivity index (χ0n) is 8.59. The summed E-state index contributed by atoms with van der Waals surface area (Å²) < 4.78 is 27.0. The van der Waals surface area contributed by atoms with Crippen molar-refractivity contribution in [2.75, 3.05) is 0 Å². The highest BCUT2D eigenvalue weighted by Gasteiger charge is 2.57. The van der Waals surface area contributed by atoms with Gasteiger partial charge in [0, 0.05) is 0 Å². The Morgan fingerprint density at radius 3 is 1.73 bits per heavy atom. The van der Waals surface area contributed by atoms with Crippen LogP contribution in [0.5, 0.6) is 0 Å². The minimum absolute atomic E-state index is 0.306. The molecule has 0 unspecified atom stereocenters. The Kier molecular flexibility index (Phi) is 4.18. The molecule has 0 saturated heterocycles. The first-order valence-corrected chi connectivity index (χ1v) is 4.56. The summed E-state index contributed by atoms with van der Waals surface area (Å²) in [6.45, 7) is 2.63. The van der Waals surface area contributed by atoms with Crippen molar-refractivity contribution in [3.63, 3.8) is 0 Å². The standard InChI is InChI=1S/C9H14F2O4/c1-3-8(4-2,7(14)15)9(10,11)5-6(12)13/h3-5H2,1-2H3,(H,12,13)(H,14,15). The zero-order chi connectivity index (χ0) is 12.3. The highest BCUT2D eigenvalue weighted by molar-refractivity contribution is 5.78. The molecule has 0 bridgehead atoms. The molecule has 0 atom stereocenters. The highest BCUT2D eigenvalue weighted by Crippen LogP contribution is 2.45. The van der Waals surface area contributed by atoms with Gasteiger partial charge >= 0.3 is 11.9 Å². The van der Waals surface area contributed by atoms with Gasteiger partial charge in [-0.15, -0.1) is 0 Å². The van der Waals surface area contributed by atoms with Crippen LogP contribution >= 0.6 is 0 Å². The van der Waals surface area contributed by atoms with Gasteiger partial charge in [0.1, 0.15) is 11.8 Å². The van der Waals surface area contributed by atoms with E-state index in [1.54, 1.807) is 0 Å². The molecule has 15 heavy (non-hydrogen) atoms. The summed E-state index contributed by atoms with van der Waals surface area (Å²) in [7, 11) is 0. The van der Waals surface area contributed by atoms with Crippen molar-refractivity contribution >= 4 is 11.9 Å². The topological polar surface area (TPSA) is 74.6 Å². The average molecular weight is 224 g/mol. The van der Waals surface area contributed by atoms with Crippen molar-refractivity contribution < 1.29 is 28.6 Å². The summed E-state index contributed by atoms with van der Waals surface area (Å²) in [4.78, 5) is 21.1. The minimum atomic E-state index is -3.74. The monoisotopic (exact) mass is 224 g/mol. The van der Waals surface area contributed by atoms with Gasteiger partial charge < -0.3 is 10.2 Å². The lowest BCUT2D eigenvalue weighted by atomic mass is 9.75. The fraction of sp³-hybridized carbons (Fsp3) is 0.778. The Labute approximate surface area is 85.9 Å². The van der Waals surface area contributed by atoms with Crippen LogP contribution in [0.4, 0.5) is 8.78 Å². The van der Waals surface area contributed by atoms with Crippen molar-refractivity contribution in [1.29, 1.82) is 0 Å². The summed E-state index contributed by atoms with van der Waals surface area (Å²) in [5, 5.41) is 17.1. The maximum absolute atomic E-state index is 13.5. The summed E-state index contributed by atoms with van der Waals surface area (Å²) in [6.07, 6.45) is -2.07. The third-order valence-corrected chi connectivity index (χ3v) is 2.69. The zero-order valence-corrected chi connectivity index (χ0v) is 8.59. The SMILES string of the molecule is CCC(CC)(C(=O)O)C(F)(F)CC(=O)O. The van der Waals surface area contributed by atoms with Gasteiger partial charge in [-0.25, -0.2) is 8.78 Å². The van der Waals surface area contributed by atoms with Gasteiger partial charge in [-0.05, 0) is 12.8 Å². The van der Waals surface area contributed by atoms with E-state index < -0.39 is 29.7 Å². The second kappa shape index (κ2) is 4.55. The molecule has 0 amide bonds. The van der Waals surface area contributed by atoms with Crippen LogP contribution in [0, 0.1) is 5.41 Å². The molecule has 0 heterocycles. The number of halogens is 2. The molecule has 0 rings (SSSR count). The fourth-order valence-corrected chi connectivity index (χ4v) is 1.59. The van der Waals surface area contributed by atoms with E-state index in [1.807, 2.05) is 0 Å². The van der Waals surface area contributed by atoms with Gasteiger partial charge in [-0.2, -0.15) is 0 Å². The molecule has 0 fully saturated rings. The van der Waals surface area contributed by atoms with Crippen molar-refractivity contribution in [2.24, 2.45) is 5.41 Å². The smallest absolute Gasteiger partial charge is 0.315 e. The average Bonchev–Trinajstić information content (AvgIpc) is 2.03. The number of hydrogen-bond donors (Lipinski definition) is 2. The van der Waals surface area contributed by atoms with Crippen LogP contribution in [0.3, 0.4) is 0 Å². The molecule has 0 aromatic rings. The second-order valence-electron chi connectivity index (χ2n) is 3.37. The number of hydrogen-bond acceptors (Lipinski definition) is 2. The summed E-state index contributed by atoms with van der Waals surface area (Å²) >= 11 is 0. The normalized spacial score (nSPS) is 12.5. The molecule has 0 spiro atoms. The lowest BCUT2D eigenvalue weighted by molar-refractivity contribution is -0.187. The third kappa shape index (κ3) is 2.43. The van der Waals surface area contributed by atoms with E-state index in [0.29, 0.717) is 0 Å². The van der Waals surface area contributed by atoms with E-state index in [9.17, 15) is 18.4 Å². The Balaban J connectivity index is 5.22. The van der Waals surface area contributed by atoms with Crippen molar-refractivity contribution in [1.82, 2.24) is 0 Å². The first kappa shape index (κ1) is 13.8. The Hall–Kier alpha value is -1.20. The van der Waals surface area contributed by atoms with Gasteiger partial charge in [0.15, 0.2) is 0 Å². The number of alkyl halides is 2. The first-order chi connectivity index (χ1) is 6.73. The molecule has 4 nitrogen and oxygen atoms in total. The molecule has 88 valence electrons. The van der Waals surface area contributed by atoms with Crippen LogP contribution in [0.15, 0.2) is 0 Å². The maximum atomic E-state index is 13.5. The van der Waals surface area contributed by atoms with Gasteiger partial charge in [-0.3, -0.25) is 9.59 Å². The van der Waals surface area contributed by atoms with Gasteiger partial charge in [0.2, 0.25) is 0 Å². The largest absolute Gasteiger partial charge is 0.481 e. The minimum Gasteiger partial charge on any atom is -0.481 e. The van der Waals surface area contributed by atoms with Crippen LogP contribution < -0.4 is 0 Å². The van der Waals surface area contributed by atoms with E-state index in [0.717, 1.165) is 0 Å². The number of rotatable bonds is 6. The Morgan fingerprint density at radius 1 is 1.13 bits per heavy atom. The lowest BCUT2D eigenvalue weighted by Crippen LogP contribution is -2.48. The van der Waals surface area contributed by atoms with Gasteiger partial charge in [0.25, 0.3) is 5.92 Å². The molecule has 0 aliphatic carbocycles. The van der Waals surface area contributed by atoms with Crippen LogP contribution in [-0.2, 0) is 9.59 Å². The number of carbonyl (C=O) groups is 2. The molecule has 6 heteroatoms. The van der Waals surface area contributed by atoms with Gasteiger partial charge in [0.05, 0.1) is 0 Å². The predicted octanol–water partition coefficient (Wildman–Crippen LogP) is 1.99. The molecule has 0 aliphatic rings. The quantitative estimate of drug-likeness (QED) is 0.723. The highest BCUT2D eigenvalue weighted by atomic mass is 19.3. The van der Waals surface area contributed by atoms with Crippen molar-refractivity contribution in [2.45, 2.75) is 39.0 Å². The second-order valence-corrected chi connectivity index (χ2v) is 3.37. The molecular formula is C9H14F2O4. The Bertz CT molecular complexity index is 259. The summed E-state index contributed by atoms with van der Waals surface area (Å²) in [5.41, 5.74) is -2.29. The third-order valence-electron chi connectivity index (χ3n) is 2.69. The van der Waals surface area contributed by atoms with E-state index in [1.165, 1.54) is 13.8 Å². The van der Waals surface area contributed by atoms with E-state index in [-0.39, 0.29) is 12.8 Å². The Morgan fingerprint density at radius 2 is 1.53 bits per heavy atom. The molecule has 0 radical (unpaired) electrons. The van der Waals surface area contributed by atoms with Crippen LogP contribution in [-0.4, -0.2) is 28.1 Å². The van der Waals surface area contributed by atoms with Crippen LogP contribution in [0.2, 0.25) is 0 Å². The molecule has 0 aromatic heterocycles. The molecule has 2 N–H and O–H groups in total. The number of carboxylic acids is 2. The first-order valence-electron chi connectivity index (χ1n) is 4.56. The van der Waals surface area contributed by atoms with Crippen molar-refractivity contribution in [3.8, 4) is 0 Å². The van der Waals surface area contributed by atoms with Crippen molar-refractivity contribution in [3.05, 3.63) is 0 Å². The van der Waals surface area contributed by atoms with Gasteiger partial charge in [-0.1, -0.05) is 13.8 Å². The summed E-state index contributed by atoms with van der Waals surface area (Å²) in [5.74, 6) is -7.10. The van der Waals surface area contributed by atoms with Crippen LogP contribution in [0.25, 0.3) is 0 Å². The summed E-state index contributed by atoms with van der Waals surface area (Å²) in [6, 6.07) is 0. The fourth-order valence-electron chi connectivity index (χ4n) is 1.59. The van der Waals surface area contributed by atoms with E-state index in [2.05, 4.69) is 0 Å². The predicted molar refractivity (Wildman–Crippen MR) is 47.9 cm³/mol. The number of carboxylic acid groups (broad SMARTS) is 2. The maximum Gasteiger partial charge on any atom is 0.315 e. The lowest BCUT2D eigenvalue weighted by Gasteiger charge is -2.34. The molecule has 0 aliphatic heterocycles. The van der Waals surface area contributed by atoms with E-state index in [4.69, 9.17) is 10.2 Å². The molecular weight excluding hydrogens is 210 g/mol. The van der Waals surface area contributed by atoms with E-state index >= 15 is 0 Å². The molecule has 0 aromatic carbocycles.